The number of hydrogen-bond donors (Lipinski definition) is 1. The largest absolute Gasteiger partial charge is 0.506 e. The summed E-state index contributed by atoms with van der Waals surface area (Å²) < 4.78 is 17.1. The fraction of sp³-hybridized carbons (Fsp3) is 0.0714. The second-order valence-corrected chi connectivity index (χ2v) is 6.77. The lowest BCUT2D eigenvalue weighted by Crippen LogP contribution is -2.00. The molecule has 0 fully saturated rings. The zero-order valence-electron chi connectivity index (χ0n) is 10.4. The van der Waals surface area contributed by atoms with Crippen LogP contribution in [0.15, 0.2) is 44.1 Å². The van der Waals surface area contributed by atoms with E-state index in [2.05, 4.69) is 52.8 Å². The highest BCUT2D eigenvalue weighted by molar-refractivity contribution is 9.13. The van der Waals surface area contributed by atoms with Gasteiger partial charge in [0, 0.05) is 6.54 Å². The number of aromatic nitrogens is 2. The first-order valence-electron chi connectivity index (χ1n) is 5.94. The monoisotopic (exact) mass is 476 g/mol. The third kappa shape index (κ3) is 2.62. The van der Waals surface area contributed by atoms with Crippen LogP contribution < -0.4 is 0 Å². The molecule has 0 bridgehead atoms. The number of halogens is 4. The Morgan fingerprint density at radius 1 is 1.14 bits per heavy atom. The van der Waals surface area contributed by atoms with Crippen LogP contribution in [0.1, 0.15) is 5.56 Å². The summed E-state index contributed by atoms with van der Waals surface area (Å²) in [5.41, 5.74) is 1.70. The summed E-state index contributed by atoms with van der Waals surface area (Å²) in [5.74, 6) is -0.171. The van der Waals surface area contributed by atoms with Crippen molar-refractivity contribution in [1.82, 2.24) is 9.55 Å². The molecule has 3 rings (SSSR count). The van der Waals surface area contributed by atoms with E-state index in [0.29, 0.717) is 16.5 Å². The molecule has 2 heterocycles. The summed E-state index contributed by atoms with van der Waals surface area (Å²) in [7, 11) is 0. The fourth-order valence-corrected chi connectivity index (χ4v) is 3.79. The minimum absolute atomic E-state index is 0.0960. The molecule has 21 heavy (non-hydrogen) atoms. The Hall–Kier alpha value is -0.920. The predicted molar refractivity (Wildman–Crippen MR) is 90.0 cm³/mol. The lowest BCUT2D eigenvalue weighted by atomic mass is 10.2. The third-order valence-electron chi connectivity index (χ3n) is 3.15. The van der Waals surface area contributed by atoms with Crippen LogP contribution in [0.5, 0.6) is 5.75 Å². The van der Waals surface area contributed by atoms with Crippen molar-refractivity contribution in [1.29, 1.82) is 0 Å². The molecule has 0 saturated carbocycles. The van der Waals surface area contributed by atoms with Gasteiger partial charge in [0.15, 0.2) is 0 Å². The molecule has 7 heteroatoms. The van der Waals surface area contributed by atoms with Crippen molar-refractivity contribution >= 4 is 58.7 Å². The van der Waals surface area contributed by atoms with Gasteiger partial charge in [-0.3, -0.25) is 0 Å². The van der Waals surface area contributed by atoms with Gasteiger partial charge in [-0.2, -0.15) is 0 Å². The van der Waals surface area contributed by atoms with Crippen molar-refractivity contribution < 1.29 is 9.50 Å². The Morgan fingerprint density at radius 2 is 1.81 bits per heavy atom. The van der Waals surface area contributed by atoms with Crippen molar-refractivity contribution in [3.05, 3.63) is 55.5 Å². The van der Waals surface area contributed by atoms with Crippen molar-refractivity contribution in [2.75, 3.05) is 0 Å². The van der Waals surface area contributed by atoms with Gasteiger partial charge in [-0.1, -0.05) is 12.1 Å². The summed E-state index contributed by atoms with van der Waals surface area (Å²) in [5, 5.41) is 10.7. The molecule has 2 aromatic heterocycles. The molecule has 3 aromatic rings. The van der Waals surface area contributed by atoms with E-state index in [-0.39, 0.29) is 11.6 Å². The Kier molecular flexibility index (Phi) is 4.07. The molecule has 1 aromatic carbocycles. The summed E-state index contributed by atoms with van der Waals surface area (Å²) in [6.07, 6.45) is 1.39. The maximum atomic E-state index is 13.0. The molecule has 3 nitrogen and oxygen atoms in total. The SMILES string of the molecule is Oc1cnc(Br)c2c1c(Br)c(Br)n2Cc1ccc(F)cc1. The topological polar surface area (TPSA) is 38.1 Å². The minimum atomic E-state index is -0.267. The van der Waals surface area contributed by atoms with Crippen LogP contribution in [0.2, 0.25) is 0 Å². The zero-order valence-corrected chi connectivity index (χ0v) is 15.2. The highest BCUT2D eigenvalue weighted by Gasteiger charge is 2.19. The smallest absolute Gasteiger partial charge is 0.144 e. The molecule has 0 spiro atoms. The average Bonchev–Trinajstić information content (AvgIpc) is 2.71. The second-order valence-electron chi connectivity index (χ2n) is 4.48. The number of rotatable bonds is 2. The number of nitrogens with zero attached hydrogens (tertiary/aromatic N) is 2. The fourth-order valence-electron chi connectivity index (χ4n) is 2.17. The zero-order chi connectivity index (χ0) is 15.1. The Balaban J connectivity index is 2.20. The molecule has 0 saturated heterocycles. The third-order valence-corrected chi connectivity index (χ3v) is 5.86. The quantitative estimate of drug-likeness (QED) is 0.513. The van der Waals surface area contributed by atoms with Crippen molar-refractivity contribution in [2.45, 2.75) is 6.54 Å². The van der Waals surface area contributed by atoms with Gasteiger partial charge < -0.3 is 9.67 Å². The van der Waals surface area contributed by atoms with E-state index in [9.17, 15) is 9.50 Å². The molecule has 0 atom stereocenters. The van der Waals surface area contributed by atoms with Crippen molar-refractivity contribution in [2.24, 2.45) is 0 Å². The molecule has 0 aliphatic rings. The van der Waals surface area contributed by atoms with Gasteiger partial charge in [0.05, 0.1) is 21.6 Å². The first kappa shape index (κ1) is 15.0. The summed E-state index contributed by atoms with van der Waals surface area (Å²) in [6.45, 7) is 0.521. The van der Waals surface area contributed by atoms with E-state index < -0.39 is 0 Å². The van der Waals surface area contributed by atoms with E-state index in [1.165, 1.54) is 18.3 Å². The van der Waals surface area contributed by atoms with Gasteiger partial charge in [-0.05, 0) is 65.5 Å². The van der Waals surface area contributed by atoms with Gasteiger partial charge in [-0.15, -0.1) is 0 Å². The van der Waals surface area contributed by atoms with Gasteiger partial charge in [0.2, 0.25) is 0 Å². The summed E-state index contributed by atoms with van der Waals surface area (Å²) >= 11 is 10.4. The Labute approximate surface area is 145 Å². The molecular weight excluding hydrogens is 471 g/mol. The maximum Gasteiger partial charge on any atom is 0.144 e. The van der Waals surface area contributed by atoms with E-state index in [0.717, 1.165) is 20.2 Å². The van der Waals surface area contributed by atoms with Crippen LogP contribution in [0.25, 0.3) is 10.9 Å². The minimum Gasteiger partial charge on any atom is -0.506 e. The molecule has 0 aliphatic heterocycles. The van der Waals surface area contributed by atoms with E-state index in [1.807, 2.05) is 4.57 Å². The van der Waals surface area contributed by atoms with E-state index in [1.54, 1.807) is 12.1 Å². The Bertz CT molecular complexity index is 831. The lowest BCUT2D eigenvalue weighted by molar-refractivity contribution is 0.479. The van der Waals surface area contributed by atoms with E-state index in [4.69, 9.17) is 0 Å². The number of benzene rings is 1. The molecule has 0 amide bonds. The van der Waals surface area contributed by atoms with E-state index >= 15 is 0 Å². The van der Waals surface area contributed by atoms with Gasteiger partial charge in [0.1, 0.15) is 20.8 Å². The van der Waals surface area contributed by atoms with Crippen LogP contribution in [-0.4, -0.2) is 14.7 Å². The number of pyridine rings is 1. The van der Waals surface area contributed by atoms with Crippen LogP contribution in [-0.2, 0) is 6.54 Å². The normalized spacial score (nSPS) is 11.2. The number of aromatic hydroxyl groups is 1. The van der Waals surface area contributed by atoms with Gasteiger partial charge in [0.25, 0.3) is 0 Å². The Morgan fingerprint density at radius 3 is 2.48 bits per heavy atom. The highest BCUT2D eigenvalue weighted by Crippen LogP contribution is 2.42. The van der Waals surface area contributed by atoms with Crippen LogP contribution >= 0.6 is 47.8 Å². The van der Waals surface area contributed by atoms with Gasteiger partial charge in [-0.25, -0.2) is 9.37 Å². The highest BCUT2D eigenvalue weighted by atomic mass is 79.9. The predicted octanol–water partition coefficient (Wildman–Crippen LogP) is 5.22. The average molecular weight is 479 g/mol. The summed E-state index contributed by atoms with van der Waals surface area (Å²) in [6, 6.07) is 6.31. The first-order valence-corrected chi connectivity index (χ1v) is 8.32. The standard InChI is InChI=1S/C14H8Br3FN2O/c15-11-10-9(21)5-19-13(16)12(10)20(14(11)17)6-7-1-3-8(18)4-2-7/h1-5,21H,6H2. The first-order chi connectivity index (χ1) is 9.99. The molecule has 0 radical (unpaired) electrons. The number of hydrogen-bond acceptors (Lipinski definition) is 2. The van der Waals surface area contributed by atoms with Crippen molar-refractivity contribution in [3.63, 3.8) is 0 Å². The van der Waals surface area contributed by atoms with Crippen LogP contribution in [0, 0.1) is 5.82 Å². The summed E-state index contributed by atoms with van der Waals surface area (Å²) in [4.78, 5) is 4.12. The van der Waals surface area contributed by atoms with Gasteiger partial charge >= 0.3 is 0 Å². The van der Waals surface area contributed by atoms with Crippen molar-refractivity contribution in [3.8, 4) is 5.75 Å². The molecular formula is C14H8Br3FN2O. The maximum absolute atomic E-state index is 13.0. The number of fused-ring (bicyclic) bond motifs is 1. The molecule has 1 N–H and O–H groups in total. The molecule has 0 unspecified atom stereocenters. The van der Waals surface area contributed by atoms with Crippen LogP contribution in [0.3, 0.4) is 0 Å². The molecule has 108 valence electrons. The molecule has 0 aliphatic carbocycles. The second kappa shape index (κ2) is 5.70. The lowest BCUT2D eigenvalue weighted by Gasteiger charge is -2.08. The van der Waals surface area contributed by atoms with Crippen LogP contribution in [0.4, 0.5) is 4.39 Å².